The maximum Gasteiger partial charge on any atom is 0.00475 e. The first-order chi connectivity index (χ1) is 8.22. The molecule has 2 saturated heterocycles. The third-order valence-corrected chi connectivity index (χ3v) is 4.81. The summed E-state index contributed by atoms with van der Waals surface area (Å²) >= 11 is 0. The molecular weight excluding hydrogens is 208 g/mol. The summed E-state index contributed by atoms with van der Waals surface area (Å²) in [5, 5.41) is 3.57. The molecule has 0 aromatic heterocycles. The number of hydrogen-bond donors (Lipinski definition) is 1. The molecule has 0 amide bonds. The zero-order valence-corrected chi connectivity index (χ0v) is 11.8. The number of nitrogens with zero attached hydrogens (tertiary/aromatic N) is 1. The van der Waals surface area contributed by atoms with Crippen LogP contribution in [0.1, 0.15) is 52.4 Å². The van der Waals surface area contributed by atoms with Gasteiger partial charge in [0.05, 0.1) is 0 Å². The lowest BCUT2D eigenvalue weighted by molar-refractivity contribution is 0.135. The van der Waals surface area contributed by atoms with Gasteiger partial charge in [0, 0.05) is 13.1 Å². The molecule has 2 unspecified atom stereocenters. The molecule has 0 aromatic rings. The zero-order valence-electron chi connectivity index (χ0n) is 11.8. The lowest BCUT2D eigenvalue weighted by atomic mass is 9.82. The Balaban J connectivity index is 1.81. The van der Waals surface area contributed by atoms with Gasteiger partial charge in [-0.2, -0.15) is 0 Å². The average Bonchev–Trinajstić information content (AvgIpc) is 2.55. The standard InChI is InChI=1S/C15H30N2/c1-3-14-6-4-10-17(11-7-14)13-15(2)8-5-9-16-12-15/h14,16H,3-13H2,1-2H3. The van der Waals surface area contributed by atoms with Crippen molar-refractivity contribution in [2.24, 2.45) is 11.3 Å². The summed E-state index contributed by atoms with van der Waals surface area (Å²) in [4.78, 5) is 2.74. The fraction of sp³-hybridized carbons (Fsp3) is 1.00. The number of rotatable bonds is 3. The van der Waals surface area contributed by atoms with Crippen molar-refractivity contribution in [2.45, 2.75) is 52.4 Å². The minimum atomic E-state index is 0.532. The van der Waals surface area contributed by atoms with Crippen LogP contribution in [0.5, 0.6) is 0 Å². The molecule has 2 atom stereocenters. The van der Waals surface area contributed by atoms with E-state index < -0.39 is 0 Å². The molecule has 0 spiro atoms. The monoisotopic (exact) mass is 238 g/mol. The third-order valence-electron chi connectivity index (χ3n) is 4.81. The second kappa shape index (κ2) is 6.19. The van der Waals surface area contributed by atoms with Crippen LogP contribution in [-0.2, 0) is 0 Å². The smallest absolute Gasteiger partial charge is 0.00475 e. The van der Waals surface area contributed by atoms with E-state index in [2.05, 4.69) is 24.1 Å². The predicted molar refractivity (Wildman–Crippen MR) is 74.3 cm³/mol. The minimum Gasteiger partial charge on any atom is -0.316 e. The molecule has 2 heterocycles. The largest absolute Gasteiger partial charge is 0.316 e. The zero-order chi connectivity index (χ0) is 12.1. The fourth-order valence-electron chi connectivity index (χ4n) is 3.58. The van der Waals surface area contributed by atoms with Crippen LogP contribution < -0.4 is 5.32 Å². The molecule has 2 nitrogen and oxygen atoms in total. The normalized spacial score (nSPS) is 36.7. The summed E-state index contributed by atoms with van der Waals surface area (Å²) in [6.45, 7) is 11.3. The molecule has 2 heteroatoms. The molecule has 0 aliphatic carbocycles. The molecule has 0 radical (unpaired) electrons. The minimum absolute atomic E-state index is 0.532. The average molecular weight is 238 g/mol. The molecule has 0 bridgehead atoms. The van der Waals surface area contributed by atoms with Crippen LogP contribution in [0.25, 0.3) is 0 Å². The summed E-state index contributed by atoms with van der Waals surface area (Å²) in [7, 11) is 0. The lowest BCUT2D eigenvalue weighted by Gasteiger charge is -2.38. The Bertz CT molecular complexity index is 221. The van der Waals surface area contributed by atoms with Crippen molar-refractivity contribution < 1.29 is 0 Å². The van der Waals surface area contributed by atoms with Gasteiger partial charge in [-0.05, 0) is 63.1 Å². The maximum absolute atomic E-state index is 3.57. The summed E-state index contributed by atoms with van der Waals surface area (Å²) in [5.41, 5.74) is 0.532. The van der Waals surface area contributed by atoms with Crippen LogP contribution in [-0.4, -0.2) is 37.6 Å². The van der Waals surface area contributed by atoms with E-state index in [9.17, 15) is 0 Å². The summed E-state index contributed by atoms with van der Waals surface area (Å²) in [5.74, 6) is 0.997. The topological polar surface area (TPSA) is 15.3 Å². The van der Waals surface area contributed by atoms with Crippen molar-refractivity contribution in [1.29, 1.82) is 0 Å². The van der Waals surface area contributed by atoms with Crippen LogP contribution in [0.4, 0.5) is 0 Å². The Kier molecular flexibility index (Phi) is 4.87. The number of likely N-dealkylation sites (tertiary alicyclic amines) is 1. The van der Waals surface area contributed by atoms with Crippen molar-refractivity contribution >= 4 is 0 Å². The third kappa shape index (κ3) is 3.96. The van der Waals surface area contributed by atoms with Crippen LogP contribution in [0, 0.1) is 11.3 Å². The van der Waals surface area contributed by atoms with Gasteiger partial charge in [0.15, 0.2) is 0 Å². The fourth-order valence-corrected chi connectivity index (χ4v) is 3.58. The highest BCUT2D eigenvalue weighted by Gasteiger charge is 2.29. The molecule has 1 N–H and O–H groups in total. The van der Waals surface area contributed by atoms with Crippen LogP contribution in [0.3, 0.4) is 0 Å². The van der Waals surface area contributed by atoms with E-state index in [1.165, 1.54) is 71.2 Å². The molecule has 0 aromatic carbocycles. The summed E-state index contributed by atoms with van der Waals surface area (Å²) in [6, 6.07) is 0. The van der Waals surface area contributed by atoms with Crippen molar-refractivity contribution in [1.82, 2.24) is 10.2 Å². The van der Waals surface area contributed by atoms with Gasteiger partial charge >= 0.3 is 0 Å². The highest BCUT2D eigenvalue weighted by atomic mass is 15.1. The van der Waals surface area contributed by atoms with E-state index in [0.717, 1.165) is 5.92 Å². The molecule has 2 fully saturated rings. The molecule has 100 valence electrons. The predicted octanol–water partition coefficient (Wildman–Crippen LogP) is 2.89. The molecular formula is C15H30N2. The Morgan fingerprint density at radius 3 is 2.82 bits per heavy atom. The van der Waals surface area contributed by atoms with E-state index in [1.807, 2.05) is 0 Å². The first-order valence-corrected chi connectivity index (χ1v) is 7.65. The van der Waals surface area contributed by atoms with Gasteiger partial charge in [-0.1, -0.05) is 20.3 Å². The molecule has 0 saturated carbocycles. The van der Waals surface area contributed by atoms with Crippen LogP contribution >= 0.6 is 0 Å². The highest BCUT2D eigenvalue weighted by molar-refractivity contribution is 4.85. The van der Waals surface area contributed by atoms with Crippen molar-refractivity contribution in [2.75, 3.05) is 32.7 Å². The SMILES string of the molecule is CCC1CCCN(CC2(C)CCCNC2)CC1. The second-order valence-electron chi connectivity index (χ2n) is 6.57. The number of piperidine rings is 1. The van der Waals surface area contributed by atoms with Gasteiger partial charge < -0.3 is 10.2 Å². The number of hydrogen-bond acceptors (Lipinski definition) is 2. The molecule has 2 aliphatic heterocycles. The van der Waals surface area contributed by atoms with Gasteiger partial charge in [0.25, 0.3) is 0 Å². The molecule has 2 rings (SSSR count). The Morgan fingerprint density at radius 1 is 1.24 bits per heavy atom. The molecule has 2 aliphatic rings. The van der Waals surface area contributed by atoms with Crippen LogP contribution in [0.15, 0.2) is 0 Å². The Labute approximate surface area is 107 Å². The van der Waals surface area contributed by atoms with E-state index in [4.69, 9.17) is 0 Å². The first-order valence-electron chi connectivity index (χ1n) is 7.65. The van der Waals surface area contributed by atoms with E-state index in [0.29, 0.717) is 5.41 Å². The Hall–Kier alpha value is -0.0800. The van der Waals surface area contributed by atoms with Crippen molar-refractivity contribution in [3.05, 3.63) is 0 Å². The maximum atomic E-state index is 3.57. The van der Waals surface area contributed by atoms with Gasteiger partial charge in [0.1, 0.15) is 0 Å². The van der Waals surface area contributed by atoms with Gasteiger partial charge in [-0.15, -0.1) is 0 Å². The van der Waals surface area contributed by atoms with Gasteiger partial charge in [-0.3, -0.25) is 0 Å². The lowest BCUT2D eigenvalue weighted by Crippen LogP contribution is -2.46. The highest BCUT2D eigenvalue weighted by Crippen LogP contribution is 2.28. The number of nitrogens with one attached hydrogen (secondary N) is 1. The first kappa shape index (κ1) is 13.4. The van der Waals surface area contributed by atoms with Crippen LogP contribution in [0.2, 0.25) is 0 Å². The van der Waals surface area contributed by atoms with Crippen molar-refractivity contribution in [3.8, 4) is 0 Å². The quantitative estimate of drug-likeness (QED) is 0.813. The van der Waals surface area contributed by atoms with Gasteiger partial charge in [0.2, 0.25) is 0 Å². The summed E-state index contributed by atoms with van der Waals surface area (Å²) in [6.07, 6.45) is 8.46. The van der Waals surface area contributed by atoms with E-state index in [-0.39, 0.29) is 0 Å². The second-order valence-corrected chi connectivity index (χ2v) is 6.57. The van der Waals surface area contributed by atoms with E-state index in [1.54, 1.807) is 0 Å². The molecule has 17 heavy (non-hydrogen) atoms. The van der Waals surface area contributed by atoms with Gasteiger partial charge in [-0.25, -0.2) is 0 Å². The Morgan fingerprint density at radius 2 is 2.12 bits per heavy atom. The van der Waals surface area contributed by atoms with E-state index >= 15 is 0 Å². The summed E-state index contributed by atoms with van der Waals surface area (Å²) < 4.78 is 0. The van der Waals surface area contributed by atoms with Crippen molar-refractivity contribution in [3.63, 3.8) is 0 Å².